The fourth-order valence-electron chi connectivity index (χ4n) is 3.30. The second kappa shape index (κ2) is 11.5. The number of carbonyl (C=O) groups excluding carboxylic acids is 2. The highest BCUT2D eigenvalue weighted by Crippen LogP contribution is 2.34. The van der Waals surface area contributed by atoms with E-state index in [1.807, 2.05) is 36.4 Å². The van der Waals surface area contributed by atoms with Gasteiger partial charge in [-0.1, -0.05) is 48.2 Å². The largest absolute Gasteiger partial charge is 0.493 e. The van der Waals surface area contributed by atoms with Gasteiger partial charge in [-0.3, -0.25) is 14.5 Å². The molecule has 7 nitrogen and oxygen atoms in total. The zero-order chi connectivity index (χ0) is 23.8. The Labute approximate surface area is 202 Å². The molecular weight excluding hydrogens is 458 g/mol. The van der Waals surface area contributed by atoms with Crippen LogP contribution in [0.2, 0.25) is 0 Å². The fourth-order valence-corrected chi connectivity index (χ4v) is 4.61. The lowest BCUT2D eigenvalue weighted by Crippen LogP contribution is -2.36. The molecule has 0 spiro atoms. The second-order valence-corrected chi connectivity index (χ2v) is 8.66. The van der Waals surface area contributed by atoms with Crippen molar-refractivity contribution >= 4 is 51.9 Å². The van der Waals surface area contributed by atoms with Gasteiger partial charge in [0.25, 0.3) is 5.91 Å². The van der Waals surface area contributed by atoms with Crippen LogP contribution in [0, 0.1) is 11.3 Å². The third-order valence-corrected chi connectivity index (χ3v) is 6.32. The van der Waals surface area contributed by atoms with Crippen LogP contribution >= 0.6 is 24.0 Å². The maximum atomic E-state index is 12.9. The number of carbonyl (C=O) groups is 2. The van der Waals surface area contributed by atoms with Gasteiger partial charge in [-0.2, -0.15) is 5.26 Å². The molecule has 33 heavy (non-hydrogen) atoms. The molecule has 2 amide bonds. The molecule has 0 saturated carbocycles. The molecule has 170 valence electrons. The minimum Gasteiger partial charge on any atom is -0.493 e. The molecule has 1 fully saturated rings. The molecule has 0 radical (unpaired) electrons. The summed E-state index contributed by atoms with van der Waals surface area (Å²) in [5.74, 6) is 0.746. The van der Waals surface area contributed by atoms with Crippen molar-refractivity contribution in [1.82, 2.24) is 4.90 Å². The van der Waals surface area contributed by atoms with Crippen molar-refractivity contribution < 1.29 is 19.1 Å². The number of anilines is 1. The quantitative estimate of drug-likeness (QED) is 0.391. The third kappa shape index (κ3) is 5.92. The Hall–Kier alpha value is -3.35. The predicted octanol–water partition coefficient (Wildman–Crippen LogP) is 4.24. The number of rotatable bonds is 9. The van der Waals surface area contributed by atoms with Crippen LogP contribution in [0.3, 0.4) is 0 Å². The van der Waals surface area contributed by atoms with E-state index in [1.165, 1.54) is 16.7 Å². The monoisotopic (exact) mass is 481 g/mol. The van der Waals surface area contributed by atoms with Crippen LogP contribution in [0.25, 0.3) is 6.08 Å². The average molecular weight is 482 g/mol. The Morgan fingerprint density at radius 2 is 1.91 bits per heavy atom. The number of thioether (sulfide) groups is 1. The molecule has 1 aliphatic rings. The summed E-state index contributed by atoms with van der Waals surface area (Å²) in [5, 5.41) is 8.95. The Balaban J connectivity index is 1.70. The summed E-state index contributed by atoms with van der Waals surface area (Å²) in [6, 6.07) is 16.6. The average Bonchev–Trinajstić information content (AvgIpc) is 3.10. The molecule has 0 unspecified atom stereocenters. The maximum absolute atomic E-state index is 12.9. The van der Waals surface area contributed by atoms with E-state index in [4.69, 9.17) is 27.0 Å². The second-order valence-electron chi connectivity index (χ2n) is 6.99. The van der Waals surface area contributed by atoms with Crippen LogP contribution in [0.4, 0.5) is 5.69 Å². The lowest BCUT2D eigenvalue weighted by Gasteiger charge is -2.23. The van der Waals surface area contributed by atoms with Crippen molar-refractivity contribution in [3.63, 3.8) is 0 Å². The van der Waals surface area contributed by atoms with Crippen molar-refractivity contribution in [3.05, 3.63) is 59.0 Å². The van der Waals surface area contributed by atoms with E-state index in [0.717, 1.165) is 11.3 Å². The van der Waals surface area contributed by atoms with Crippen LogP contribution in [-0.4, -0.2) is 48.3 Å². The number of nitrogens with zero attached hydrogens (tertiary/aromatic N) is 3. The Bertz CT molecular complexity index is 1110. The summed E-state index contributed by atoms with van der Waals surface area (Å²) in [5.41, 5.74) is 1.49. The molecule has 0 bridgehead atoms. The molecule has 2 aromatic rings. The van der Waals surface area contributed by atoms with Crippen LogP contribution in [-0.2, 0) is 9.59 Å². The fraction of sp³-hybridized carbons (Fsp3) is 0.250. The molecule has 0 N–H and O–H groups in total. The minimum atomic E-state index is -0.240. The first-order valence-corrected chi connectivity index (χ1v) is 11.4. The van der Waals surface area contributed by atoms with E-state index < -0.39 is 0 Å². The van der Waals surface area contributed by atoms with Crippen LogP contribution < -0.4 is 14.4 Å². The molecule has 0 atom stereocenters. The van der Waals surface area contributed by atoms with E-state index in [0.29, 0.717) is 20.7 Å². The number of hydrogen-bond donors (Lipinski definition) is 0. The molecule has 2 aromatic carbocycles. The van der Waals surface area contributed by atoms with Gasteiger partial charge in [-0.05, 0) is 35.9 Å². The van der Waals surface area contributed by atoms with Crippen LogP contribution in [0.15, 0.2) is 53.4 Å². The zero-order valence-corrected chi connectivity index (χ0v) is 19.9. The summed E-state index contributed by atoms with van der Waals surface area (Å²) >= 11 is 6.59. The van der Waals surface area contributed by atoms with Crippen molar-refractivity contribution in [3.8, 4) is 17.6 Å². The molecule has 9 heteroatoms. The summed E-state index contributed by atoms with van der Waals surface area (Å²) < 4.78 is 11.0. The normalized spacial score (nSPS) is 14.3. The van der Waals surface area contributed by atoms with Gasteiger partial charge in [0.15, 0.2) is 11.5 Å². The number of ether oxygens (including phenoxy) is 2. The highest BCUT2D eigenvalue weighted by atomic mass is 32.2. The number of para-hydroxylation sites is 1. The SMILES string of the molecule is COc1ccc(C=C2SC(=S)N(CCC(=O)N(CCC#N)c3ccccc3)C2=O)cc1OC. The maximum Gasteiger partial charge on any atom is 0.266 e. The van der Waals surface area contributed by atoms with Gasteiger partial charge in [-0.15, -0.1) is 0 Å². The molecule has 1 heterocycles. The third-order valence-electron chi connectivity index (χ3n) is 4.94. The number of methoxy groups -OCH3 is 2. The minimum absolute atomic E-state index is 0.0937. The van der Waals surface area contributed by atoms with Gasteiger partial charge in [0.05, 0.1) is 31.6 Å². The zero-order valence-electron chi connectivity index (χ0n) is 18.3. The number of hydrogen-bond acceptors (Lipinski definition) is 7. The lowest BCUT2D eigenvalue weighted by atomic mass is 10.2. The summed E-state index contributed by atoms with van der Waals surface area (Å²) in [6.07, 6.45) is 2.05. The van der Waals surface area contributed by atoms with E-state index >= 15 is 0 Å². The molecule has 0 aliphatic carbocycles. The number of benzene rings is 2. The van der Waals surface area contributed by atoms with E-state index in [9.17, 15) is 9.59 Å². The highest BCUT2D eigenvalue weighted by molar-refractivity contribution is 8.26. The summed E-state index contributed by atoms with van der Waals surface area (Å²) in [4.78, 5) is 29.3. The first kappa shape index (κ1) is 24.3. The number of nitriles is 1. The van der Waals surface area contributed by atoms with Crippen molar-refractivity contribution in [2.75, 3.05) is 32.2 Å². The van der Waals surface area contributed by atoms with E-state index in [-0.39, 0.29) is 37.7 Å². The Morgan fingerprint density at radius 3 is 2.58 bits per heavy atom. The van der Waals surface area contributed by atoms with Crippen LogP contribution in [0.5, 0.6) is 11.5 Å². The highest BCUT2D eigenvalue weighted by Gasteiger charge is 2.32. The summed E-state index contributed by atoms with van der Waals surface area (Å²) in [7, 11) is 3.11. The van der Waals surface area contributed by atoms with Crippen molar-refractivity contribution in [2.45, 2.75) is 12.8 Å². The van der Waals surface area contributed by atoms with Gasteiger partial charge in [0.2, 0.25) is 5.91 Å². The Kier molecular flexibility index (Phi) is 8.46. The van der Waals surface area contributed by atoms with Crippen LogP contribution in [0.1, 0.15) is 18.4 Å². The van der Waals surface area contributed by atoms with Crippen molar-refractivity contribution in [2.24, 2.45) is 0 Å². The van der Waals surface area contributed by atoms with Gasteiger partial charge in [-0.25, -0.2) is 0 Å². The topological polar surface area (TPSA) is 82.9 Å². The Morgan fingerprint density at radius 1 is 1.18 bits per heavy atom. The molecule has 1 saturated heterocycles. The number of amides is 2. The first-order valence-electron chi connectivity index (χ1n) is 10.2. The molecule has 1 aliphatic heterocycles. The van der Waals surface area contributed by atoms with E-state index in [1.54, 1.807) is 37.3 Å². The van der Waals surface area contributed by atoms with Gasteiger partial charge < -0.3 is 14.4 Å². The number of thiocarbonyl (C=S) groups is 1. The lowest BCUT2D eigenvalue weighted by molar-refractivity contribution is -0.123. The smallest absolute Gasteiger partial charge is 0.266 e. The van der Waals surface area contributed by atoms with Gasteiger partial charge >= 0.3 is 0 Å². The molecular formula is C24H23N3O4S2. The predicted molar refractivity (Wildman–Crippen MR) is 133 cm³/mol. The molecule has 3 rings (SSSR count). The standard InChI is InChI=1S/C24H23N3O4S2/c1-30-19-10-9-17(15-20(19)31-2)16-21-23(29)27(24(32)33-21)14-11-22(28)26(13-6-12-25)18-7-4-3-5-8-18/h3-5,7-10,15-16H,6,11,13-14H2,1-2H3. The van der Waals surface area contributed by atoms with E-state index in [2.05, 4.69) is 6.07 Å². The first-order chi connectivity index (χ1) is 16.0. The van der Waals surface area contributed by atoms with Gasteiger partial charge in [0.1, 0.15) is 4.32 Å². The molecule has 0 aromatic heterocycles. The van der Waals surface area contributed by atoms with Crippen molar-refractivity contribution in [1.29, 1.82) is 5.26 Å². The summed E-state index contributed by atoms with van der Waals surface area (Å²) in [6.45, 7) is 0.458. The van der Waals surface area contributed by atoms with Gasteiger partial charge in [0, 0.05) is 25.2 Å².